The van der Waals surface area contributed by atoms with E-state index in [1.807, 2.05) is 10.6 Å². The van der Waals surface area contributed by atoms with E-state index in [0.717, 1.165) is 29.3 Å². The van der Waals surface area contributed by atoms with Crippen molar-refractivity contribution in [3.63, 3.8) is 0 Å². The van der Waals surface area contributed by atoms with Crippen molar-refractivity contribution in [3.05, 3.63) is 18.7 Å². The maximum atomic E-state index is 11.4. The van der Waals surface area contributed by atoms with Crippen LogP contribution in [0.25, 0.3) is 5.65 Å². The number of fused-ring (bicyclic) bond motifs is 1. The molecule has 0 bridgehead atoms. The van der Waals surface area contributed by atoms with Gasteiger partial charge in [-0.05, 0) is 18.3 Å². The SMILES string of the molecule is COC(=O)CC1(CSc2nccn3cnnc23)CC1. The maximum absolute atomic E-state index is 11.4. The highest BCUT2D eigenvalue weighted by Crippen LogP contribution is 2.52. The van der Waals surface area contributed by atoms with E-state index in [1.165, 1.54) is 7.11 Å². The van der Waals surface area contributed by atoms with Gasteiger partial charge in [0.15, 0.2) is 5.65 Å². The number of ether oxygens (including phenoxy) is 1. The fraction of sp³-hybridized carbons (Fsp3) is 0.500. The zero-order chi connectivity index (χ0) is 13.3. The molecule has 2 aromatic rings. The van der Waals surface area contributed by atoms with E-state index in [9.17, 15) is 4.79 Å². The molecular weight excluding hydrogens is 264 g/mol. The second-order valence-electron chi connectivity index (χ2n) is 4.84. The molecule has 0 unspecified atom stereocenters. The van der Waals surface area contributed by atoms with Crippen molar-refractivity contribution in [1.29, 1.82) is 0 Å². The summed E-state index contributed by atoms with van der Waals surface area (Å²) in [6.07, 6.45) is 7.85. The number of esters is 1. The third kappa shape index (κ3) is 2.56. The minimum absolute atomic E-state index is 0.0896. The first-order valence-electron chi connectivity index (χ1n) is 6.06. The van der Waals surface area contributed by atoms with Gasteiger partial charge in [0.05, 0.1) is 13.5 Å². The van der Waals surface area contributed by atoms with Gasteiger partial charge < -0.3 is 4.74 Å². The average Bonchev–Trinajstić information content (AvgIpc) is 3.01. The molecule has 0 aliphatic heterocycles. The Morgan fingerprint density at radius 1 is 1.58 bits per heavy atom. The highest BCUT2D eigenvalue weighted by molar-refractivity contribution is 7.99. The fourth-order valence-corrected chi connectivity index (χ4v) is 3.23. The van der Waals surface area contributed by atoms with Crippen LogP contribution in [-0.2, 0) is 9.53 Å². The minimum Gasteiger partial charge on any atom is -0.469 e. The van der Waals surface area contributed by atoms with E-state index in [4.69, 9.17) is 4.74 Å². The molecule has 100 valence electrons. The second-order valence-corrected chi connectivity index (χ2v) is 5.80. The molecule has 3 rings (SSSR count). The first kappa shape index (κ1) is 12.4. The van der Waals surface area contributed by atoms with Gasteiger partial charge in [0, 0.05) is 18.1 Å². The summed E-state index contributed by atoms with van der Waals surface area (Å²) in [5.41, 5.74) is 0.855. The quantitative estimate of drug-likeness (QED) is 0.610. The van der Waals surface area contributed by atoms with Crippen LogP contribution in [0.1, 0.15) is 19.3 Å². The molecule has 1 aliphatic carbocycles. The van der Waals surface area contributed by atoms with E-state index in [0.29, 0.717) is 6.42 Å². The van der Waals surface area contributed by atoms with Crippen LogP contribution in [0.5, 0.6) is 0 Å². The van der Waals surface area contributed by atoms with E-state index in [1.54, 1.807) is 24.3 Å². The van der Waals surface area contributed by atoms with Crippen LogP contribution in [0, 0.1) is 5.41 Å². The van der Waals surface area contributed by atoms with Crippen LogP contribution < -0.4 is 0 Å². The van der Waals surface area contributed by atoms with Crippen LogP contribution in [-0.4, -0.2) is 38.4 Å². The van der Waals surface area contributed by atoms with Crippen molar-refractivity contribution in [2.75, 3.05) is 12.9 Å². The van der Waals surface area contributed by atoms with Crippen molar-refractivity contribution in [2.45, 2.75) is 24.3 Å². The van der Waals surface area contributed by atoms with Crippen LogP contribution >= 0.6 is 11.8 Å². The Labute approximate surface area is 114 Å². The van der Waals surface area contributed by atoms with E-state index >= 15 is 0 Å². The molecule has 6 nitrogen and oxygen atoms in total. The zero-order valence-electron chi connectivity index (χ0n) is 10.6. The summed E-state index contributed by atoms with van der Waals surface area (Å²) >= 11 is 1.63. The van der Waals surface area contributed by atoms with Crippen molar-refractivity contribution < 1.29 is 9.53 Å². The lowest BCUT2D eigenvalue weighted by molar-refractivity contribution is -0.141. The second kappa shape index (κ2) is 4.80. The molecular formula is C12H14N4O2S. The van der Waals surface area contributed by atoms with Gasteiger partial charge in [-0.1, -0.05) is 0 Å². The average molecular weight is 278 g/mol. The molecule has 2 aromatic heterocycles. The Kier molecular flexibility index (Phi) is 3.14. The highest BCUT2D eigenvalue weighted by atomic mass is 32.2. The van der Waals surface area contributed by atoms with Crippen LogP contribution in [0.4, 0.5) is 0 Å². The number of carbonyl (C=O) groups is 1. The normalized spacial score (nSPS) is 16.5. The number of thioether (sulfide) groups is 1. The number of hydrogen-bond acceptors (Lipinski definition) is 6. The van der Waals surface area contributed by atoms with Gasteiger partial charge in [0.2, 0.25) is 0 Å². The lowest BCUT2D eigenvalue weighted by atomic mass is 10.1. The molecule has 0 amide bonds. The molecule has 0 spiro atoms. The van der Waals surface area contributed by atoms with Gasteiger partial charge in [-0.25, -0.2) is 4.98 Å². The lowest BCUT2D eigenvalue weighted by Gasteiger charge is -2.12. The number of carbonyl (C=O) groups excluding carboxylic acids is 1. The molecule has 1 saturated carbocycles. The topological polar surface area (TPSA) is 69.4 Å². The predicted octanol–water partition coefficient (Wildman–Crippen LogP) is 1.56. The van der Waals surface area contributed by atoms with Gasteiger partial charge in [0.25, 0.3) is 0 Å². The Morgan fingerprint density at radius 2 is 2.42 bits per heavy atom. The molecule has 2 heterocycles. The Bertz CT molecular complexity index is 609. The van der Waals surface area contributed by atoms with Crippen molar-refractivity contribution in [3.8, 4) is 0 Å². The van der Waals surface area contributed by atoms with Crippen molar-refractivity contribution in [2.24, 2.45) is 5.41 Å². The molecule has 1 aliphatic rings. The van der Waals surface area contributed by atoms with Crippen LogP contribution in [0.2, 0.25) is 0 Å². The number of aromatic nitrogens is 4. The van der Waals surface area contributed by atoms with E-state index < -0.39 is 0 Å². The third-order valence-corrected chi connectivity index (χ3v) is 4.72. The zero-order valence-corrected chi connectivity index (χ0v) is 11.4. The predicted molar refractivity (Wildman–Crippen MR) is 69.8 cm³/mol. The van der Waals surface area contributed by atoms with Gasteiger partial charge in [-0.2, -0.15) is 0 Å². The molecule has 0 radical (unpaired) electrons. The first-order chi connectivity index (χ1) is 9.22. The largest absolute Gasteiger partial charge is 0.469 e. The van der Waals surface area contributed by atoms with Gasteiger partial charge in [-0.15, -0.1) is 22.0 Å². The highest BCUT2D eigenvalue weighted by Gasteiger charge is 2.44. The van der Waals surface area contributed by atoms with Gasteiger partial charge >= 0.3 is 5.97 Å². The van der Waals surface area contributed by atoms with Crippen molar-refractivity contribution in [1.82, 2.24) is 19.6 Å². The van der Waals surface area contributed by atoms with Crippen LogP contribution in [0.15, 0.2) is 23.7 Å². The Balaban J connectivity index is 1.69. The third-order valence-electron chi connectivity index (χ3n) is 3.40. The summed E-state index contributed by atoms with van der Waals surface area (Å²) in [4.78, 5) is 15.7. The molecule has 1 fully saturated rings. The lowest BCUT2D eigenvalue weighted by Crippen LogP contribution is -2.13. The maximum Gasteiger partial charge on any atom is 0.306 e. The van der Waals surface area contributed by atoms with Crippen molar-refractivity contribution >= 4 is 23.4 Å². The summed E-state index contributed by atoms with van der Waals surface area (Å²) in [5.74, 6) is 0.730. The standard InChI is InChI=1S/C12H14N4O2S/c1-18-9(17)6-12(2-3-12)7-19-11-10-15-14-8-16(10)5-4-13-11/h4-5,8H,2-3,6-7H2,1H3. The Morgan fingerprint density at radius 3 is 3.16 bits per heavy atom. The van der Waals surface area contributed by atoms with Gasteiger partial charge in [0.1, 0.15) is 11.4 Å². The number of methoxy groups -OCH3 is 1. The molecule has 7 heteroatoms. The Hall–Kier alpha value is -1.63. The minimum atomic E-state index is -0.133. The monoisotopic (exact) mass is 278 g/mol. The van der Waals surface area contributed by atoms with Gasteiger partial charge in [-0.3, -0.25) is 9.20 Å². The number of rotatable bonds is 5. The summed E-state index contributed by atoms with van der Waals surface area (Å²) in [7, 11) is 1.43. The van der Waals surface area contributed by atoms with E-state index in [2.05, 4.69) is 15.2 Å². The van der Waals surface area contributed by atoms with Crippen LogP contribution in [0.3, 0.4) is 0 Å². The first-order valence-corrected chi connectivity index (χ1v) is 7.05. The molecule has 19 heavy (non-hydrogen) atoms. The summed E-state index contributed by atoms with van der Waals surface area (Å²) < 4.78 is 6.59. The molecule has 0 N–H and O–H groups in total. The number of hydrogen-bond donors (Lipinski definition) is 0. The summed E-state index contributed by atoms with van der Waals surface area (Å²) in [5, 5.41) is 8.78. The number of nitrogens with zero attached hydrogens (tertiary/aromatic N) is 4. The fourth-order valence-electron chi connectivity index (χ4n) is 1.99. The smallest absolute Gasteiger partial charge is 0.306 e. The summed E-state index contributed by atoms with van der Waals surface area (Å²) in [6, 6.07) is 0. The summed E-state index contributed by atoms with van der Waals surface area (Å²) in [6.45, 7) is 0. The molecule has 0 aromatic carbocycles. The molecule has 0 saturated heterocycles. The van der Waals surface area contributed by atoms with E-state index in [-0.39, 0.29) is 11.4 Å². The molecule has 0 atom stereocenters.